The molecule has 0 amide bonds. The minimum atomic E-state index is 0.877. The molecule has 334 valence electrons. The van der Waals surface area contributed by atoms with Gasteiger partial charge in [-0.25, -0.2) is 9.97 Å². The molecule has 0 saturated carbocycles. The Hall–Kier alpha value is -9.78. The summed E-state index contributed by atoms with van der Waals surface area (Å²) in [6, 6.07) is 77.0. The van der Waals surface area contributed by atoms with E-state index in [-0.39, 0.29) is 0 Å². The van der Waals surface area contributed by atoms with Gasteiger partial charge in [-0.3, -0.25) is 19.9 Å². The Morgan fingerprint density at radius 1 is 0.208 bits per heavy atom. The van der Waals surface area contributed by atoms with Crippen LogP contribution in [0.25, 0.3) is 144 Å². The molecular weight excluding hydrogens is 877 g/mol. The van der Waals surface area contributed by atoms with E-state index in [1.54, 1.807) is 0 Å². The summed E-state index contributed by atoms with van der Waals surface area (Å²) in [4.78, 5) is 30.4. The molecule has 6 aromatic heterocycles. The van der Waals surface area contributed by atoms with Crippen molar-refractivity contribution < 1.29 is 0 Å². The molecule has 14 rings (SSSR count). The molecule has 14 aromatic rings. The normalized spacial score (nSPS) is 11.6. The molecule has 0 unspecified atom stereocenters. The fourth-order valence-corrected chi connectivity index (χ4v) is 10.7. The summed E-state index contributed by atoms with van der Waals surface area (Å²) >= 11 is 0. The monoisotopic (exact) mass is 916 g/mol. The fraction of sp³-hybridized carbons (Fsp3) is 0. The zero-order chi connectivity index (χ0) is 47.5. The minimum Gasteiger partial charge on any atom is -0.256 e. The van der Waals surface area contributed by atoms with Gasteiger partial charge in [0.05, 0.1) is 44.8 Å². The predicted octanol–water partition coefficient (Wildman–Crippen LogP) is 16.6. The van der Waals surface area contributed by atoms with Gasteiger partial charge in [0, 0.05) is 79.4 Å². The average molecular weight is 917 g/mol. The SMILES string of the molecule is c1ccc(-c2ccc(-c3ccccc3-c3cc(-c4ccccc4-c4ccc5c6ncccc6c6ccccc6c5n4)cc(-c4ccccc4-c4ccc5c6ncccc6c6ccccc6c5n4)c3)nc2)nc1. The number of benzene rings is 8. The molecule has 0 aliphatic rings. The minimum absolute atomic E-state index is 0.877. The maximum absolute atomic E-state index is 5.51. The molecule has 0 atom stereocenters. The van der Waals surface area contributed by atoms with Crippen molar-refractivity contribution >= 4 is 65.2 Å². The highest BCUT2D eigenvalue weighted by molar-refractivity contribution is 6.24. The lowest BCUT2D eigenvalue weighted by Gasteiger charge is -2.18. The topological polar surface area (TPSA) is 77.3 Å². The standard InChI is InChI=1S/C66H40N6/c1-6-20-50(60-31-28-41(40-70-60)59-27-11-12-34-67-59)45(15-1)42-37-43(46-16-2-7-21-51(46)61-32-29-57-63-53(25-13-35-68-63)48-18-4-9-23-55(48)65(57)71-61)39-44(38-42)47-17-3-8-22-52(47)62-33-30-58-64-54(26-14-36-69-64)49-19-5-10-24-56(49)66(58)72-62/h1-40H. The number of rotatable bonds is 7. The predicted molar refractivity (Wildman–Crippen MR) is 296 cm³/mol. The Bertz CT molecular complexity index is 4160. The fourth-order valence-electron chi connectivity index (χ4n) is 10.7. The van der Waals surface area contributed by atoms with Gasteiger partial charge in [-0.05, 0) is 123 Å². The van der Waals surface area contributed by atoms with E-state index in [0.717, 1.165) is 144 Å². The van der Waals surface area contributed by atoms with E-state index < -0.39 is 0 Å². The maximum atomic E-state index is 5.51. The van der Waals surface area contributed by atoms with Crippen LogP contribution in [-0.4, -0.2) is 29.9 Å². The second-order valence-corrected chi connectivity index (χ2v) is 18.2. The van der Waals surface area contributed by atoms with Gasteiger partial charge < -0.3 is 0 Å². The van der Waals surface area contributed by atoms with Crippen LogP contribution in [0.15, 0.2) is 243 Å². The summed E-state index contributed by atoms with van der Waals surface area (Å²) in [7, 11) is 0. The molecule has 0 fully saturated rings. The molecule has 0 radical (unpaired) electrons. The smallest absolute Gasteiger partial charge is 0.0809 e. The Balaban J connectivity index is 0.977. The van der Waals surface area contributed by atoms with E-state index in [2.05, 4.69) is 193 Å². The summed E-state index contributed by atoms with van der Waals surface area (Å²) in [5.41, 5.74) is 17.7. The first-order chi connectivity index (χ1) is 35.7. The molecule has 0 spiro atoms. The molecule has 8 aromatic carbocycles. The highest BCUT2D eigenvalue weighted by Gasteiger charge is 2.20. The number of aromatic nitrogens is 6. The first-order valence-corrected chi connectivity index (χ1v) is 24.2. The number of hydrogen-bond acceptors (Lipinski definition) is 6. The number of pyridine rings is 6. The molecule has 0 aliphatic carbocycles. The van der Waals surface area contributed by atoms with Crippen LogP contribution < -0.4 is 0 Å². The van der Waals surface area contributed by atoms with Gasteiger partial charge in [-0.15, -0.1) is 0 Å². The highest BCUT2D eigenvalue weighted by atomic mass is 14.7. The van der Waals surface area contributed by atoms with Crippen molar-refractivity contribution in [1.29, 1.82) is 0 Å². The Kier molecular flexibility index (Phi) is 9.74. The van der Waals surface area contributed by atoms with E-state index in [4.69, 9.17) is 24.9 Å². The van der Waals surface area contributed by atoms with Crippen LogP contribution in [0.4, 0.5) is 0 Å². The molecule has 6 heteroatoms. The zero-order valence-electron chi connectivity index (χ0n) is 38.8. The summed E-state index contributed by atoms with van der Waals surface area (Å²) in [6.45, 7) is 0. The maximum Gasteiger partial charge on any atom is 0.0809 e. The Morgan fingerprint density at radius 2 is 0.597 bits per heavy atom. The van der Waals surface area contributed by atoms with Gasteiger partial charge >= 0.3 is 0 Å². The number of fused-ring (bicyclic) bond motifs is 12. The molecular formula is C66H40N6. The van der Waals surface area contributed by atoms with Crippen LogP contribution in [0.3, 0.4) is 0 Å². The zero-order valence-corrected chi connectivity index (χ0v) is 38.8. The molecule has 0 bridgehead atoms. The Labute approximate surface area is 414 Å². The molecule has 6 nitrogen and oxygen atoms in total. The van der Waals surface area contributed by atoms with Gasteiger partial charge in [0.2, 0.25) is 0 Å². The van der Waals surface area contributed by atoms with Gasteiger partial charge in [-0.1, -0.05) is 140 Å². The van der Waals surface area contributed by atoms with Crippen LogP contribution in [0.1, 0.15) is 0 Å². The first kappa shape index (κ1) is 41.2. The summed E-state index contributed by atoms with van der Waals surface area (Å²) in [5, 5.41) is 8.79. The summed E-state index contributed by atoms with van der Waals surface area (Å²) in [5.74, 6) is 0. The van der Waals surface area contributed by atoms with Crippen LogP contribution in [-0.2, 0) is 0 Å². The van der Waals surface area contributed by atoms with Crippen molar-refractivity contribution in [2.24, 2.45) is 0 Å². The third-order valence-electron chi connectivity index (χ3n) is 14.1. The lowest BCUT2D eigenvalue weighted by Crippen LogP contribution is -1.95. The Morgan fingerprint density at radius 3 is 1.06 bits per heavy atom. The van der Waals surface area contributed by atoms with E-state index in [9.17, 15) is 0 Å². The van der Waals surface area contributed by atoms with Gasteiger partial charge in [0.1, 0.15) is 0 Å². The second kappa shape index (κ2) is 17.0. The van der Waals surface area contributed by atoms with Crippen molar-refractivity contribution in [2.45, 2.75) is 0 Å². The quantitative estimate of drug-likeness (QED) is 0.148. The van der Waals surface area contributed by atoms with E-state index >= 15 is 0 Å². The van der Waals surface area contributed by atoms with Crippen molar-refractivity contribution in [3.05, 3.63) is 243 Å². The highest BCUT2D eigenvalue weighted by Crippen LogP contribution is 2.44. The van der Waals surface area contributed by atoms with Crippen LogP contribution in [0.2, 0.25) is 0 Å². The van der Waals surface area contributed by atoms with E-state index in [1.807, 2.05) is 55.1 Å². The van der Waals surface area contributed by atoms with Crippen molar-refractivity contribution in [3.8, 4) is 78.4 Å². The van der Waals surface area contributed by atoms with Gasteiger partial charge in [-0.2, -0.15) is 0 Å². The van der Waals surface area contributed by atoms with Crippen LogP contribution >= 0.6 is 0 Å². The van der Waals surface area contributed by atoms with Crippen LogP contribution in [0, 0.1) is 0 Å². The first-order valence-electron chi connectivity index (χ1n) is 24.2. The largest absolute Gasteiger partial charge is 0.256 e. The number of nitrogens with zero attached hydrogens (tertiary/aromatic N) is 6. The summed E-state index contributed by atoms with van der Waals surface area (Å²) in [6.07, 6.45) is 7.46. The number of hydrogen-bond donors (Lipinski definition) is 0. The second-order valence-electron chi connectivity index (χ2n) is 18.2. The van der Waals surface area contributed by atoms with Gasteiger partial charge in [0.25, 0.3) is 0 Å². The average Bonchev–Trinajstić information content (AvgIpc) is 3.47. The third kappa shape index (κ3) is 6.88. The van der Waals surface area contributed by atoms with Crippen molar-refractivity contribution in [1.82, 2.24) is 29.9 Å². The van der Waals surface area contributed by atoms with Crippen molar-refractivity contribution in [2.75, 3.05) is 0 Å². The lowest BCUT2D eigenvalue weighted by molar-refractivity contribution is 1.28. The molecule has 0 saturated heterocycles. The molecule has 0 N–H and O–H groups in total. The molecule has 6 heterocycles. The van der Waals surface area contributed by atoms with E-state index in [0.29, 0.717) is 0 Å². The van der Waals surface area contributed by atoms with Crippen LogP contribution in [0.5, 0.6) is 0 Å². The molecule has 0 aliphatic heterocycles. The molecule has 72 heavy (non-hydrogen) atoms. The van der Waals surface area contributed by atoms with Gasteiger partial charge in [0.15, 0.2) is 0 Å². The summed E-state index contributed by atoms with van der Waals surface area (Å²) < 4.78 is 0. The lowest BCUT2D eigenvalue weighted by atomic mass is 9.87. The van der Waals surface area contributed by atoms with Crippen molar-refractivity contribution in [3.63, 3.8) is 0 Å². The third-order valence-corrected chi connectivity index (χ3v) is 14.1. The van der Waals surface area contributed by atoms with E-state index in [1.165, 1.54) is 0 Å².